The van der Waals surface area contributed by atoms with E-state index in [0.717, 1.165) is 33.4 Å². The Morgan fingerprint density at radius 1 is 1.07 bits per heavy atom. The number of pyridine rings is 1. The zero-order valence-electron chi connectivity index (χ0n) is 16.3. The Morgan fingerprint density at radius 3 is 2.64 bits per heavy atom. The molecule has 28 heavy (non-hydrogen) atoms. The molecule has 0 aliphatic heterocycles. The summed E-state index contributed by atoms with van der Waals surface area (Å²) in [4.78, 5) is 19.3. The van der Waals surface area contributed by atoms with Crippen LogP contribution in [0.25, 0.3) is 16.6 Å². The number of aromatic nitrogens is 3. The van der Waals surface area contributed by atoms with E-state index in [0.29, 0.717) is 12.1 Å². The highest BCUT2D eigenvalue weighted by Gasteiger charge is 2.17. The van der Waals surface area contributed by atoms with Gasteiger partial charge in [-0.25, -0.2) is 4.68 Å². The first kappa shape index (κ1) is 17.9. The van der Waals surface area contributed by atoms with Crippen molar-refractivity contribution in [2.24, 2.45) is 0 Å². The zero-order chi connectivity index (χ0) is 19.7. The molecule has 1 amide bonds. The molecule has 0 saturated heterocycles. The minimum Gasteiger partial charge on any atom is -0.337 e. The third-order valence-corrected chi connectivity index (χ3v) is 4.81. The molecule has 0 N–H and O–H groups in total. The average Bonchev–Trinajstić information content (AvgIpc) is 3.16. The Hall–Kier alpha value is -3.47. The smallest absolute Gasteiger partial charge is 0.255 e. The quantitative estimate of drug-likeness (QED) is 0.538. The summed E-state index contributed by atoms with van der Waals surface area (Å²) < 4.78 is 1.82. The van der Waals surface area contributed by atoms with E-state index in [2.05, 4.69) is 16.1 Å². The molecular weight excluding hydrogens is 348 g/mol. The van der Waals surface area contributed by atoms with Crippen molar-refractivity contribution < 1.29 is 4.79 Å². The largest absolute Gasteiger partial charge is 0.337 e. The van der Waals surface area contributed by atoms with Crippen LogP contribution in [-0.4, -0.2) is 32.6 Å². The number of hydrogen-bond donors (Lipinski definition) is 0. The van der Waals surface area contributed by atoms with Gasteiger partial charge in [0.2, 0.25) is 0 Å². The van der Waals surface area contributed by atoms with E-state index in [1.807, 2.05) is 80.3 Å². The number of amides is 1. The van der Waals surface area contributed by atoms with Crippen LogP contribution in [0.1, 0.15) is 27.2 Å². The molecule has 0 unspecified atom stereocenters. The van der Waals surface area contributed by atoms with Crippen molar-refractivity contribution in [2.75, 3.05) is 7.05 Å². The number of fused-ring (bicyclic) bond motifs is 1. The second-order valence-corrected chi connectivity index (χ2v) is 7.11. The Bertz CT molecular complexity index is 1150. The van der Waals surface area contributed by atoms with Crippen molar-refractivity contribution in [3.05, 3.63) is 89.4 Å². The lowest BCUT2D eigenvalue weighted by molar-refractivity contribution is 0.0784. The van der Waals surface area contributed by atoms with Gasteiger partial charge in [0, 0.05) is 30.7 Å². The van der Waals surface area contributed by atoms with Gasteiger partial charge in [0.15, 0.2) is 0 Å². The molecule has 0 spiro atoms. The first-order valence-corrected chi connectivity index (χ1v) is 9.24. The lowest BCUT2D eigenvalue weighted by atomic mass is 10.1. The van der Waals surface area contributed by atoms with Gasteiger partial charge >= 0.3 is 0 Å². The zero-order valence-corrected chi connectivity index (χ0v) is 16.3. The third kappa shape index (κ3) is 3.51. The van der Waals surface area contributed by atoms with E-state index >= 15 is 0 Å². The van der Waals surface area contributed by atoms with Crippen molar-refractivity contribution in [1.29, 1.82) is 0 Å². The summed E-state index contributed by atoms with van der Waals surface area (Å²) in [5, 5.41) is 5.39. The maximum Gasteiger partial charge on any atom is 0.255 e. The van der Waals surface area contributed by atoms with Crippen LogP contribution in [0.4, 0.5) is 0 Å². The molecule has 4 aromatic rings. The first-order chi connectivity index (χ1) is 13.5. The number of nitrogens with zero attached hydrogens (tertiary/aromatic N) is 4. The molecule has 2 aromatic carbocycles. The van der Waals surface area contributed by atoms with Crippen LogP contribution in [0.2, 0.25) is 0 Å². The van der Waals surface area contributed by atoms with Gasteiger partial charge in [0.25, 0.3) is 5.91 Å². The molecule has 0 saturated carbocycles. The molecule has 2 heterocycles. The molecule has 5 nitrogen and oxygen atoms in total. The summed E-state index contributed by atoms with van der Waals surface area (Å²) in [5.41, 5.74) is 5.41. The minimum absolute atomic E-state index is 0.0409. The maximum absolute atomic E-state index is 13.0. The molecule has 0 fully saturated rings. The van der Waals surface area contributed by atoms with Gasteiger partial charge in [-0.2, -0.15) is 5.10 Å². The summed E-state index contributed by atoms with van der Waals surface area (Å²) >= 11 is 0. The van der Waals surface area contributed by atoms with E-state index in [1.165, 1.54) is 0 Å². The average molecular weight is 370 g/mol. The van der Waals surface area contributed by atoms with E-state index in [4.69, 9.17) is 0 Å². The van der Waals surface area contributed by atoms with Crippen LogP contribution in [0.3, 0.4) is 0 Å². The van der Waals surface area contributed by atoms with Gasteiger partial charge in [0.05, 0.1) is 28.7 Å². The predicted octanol–water partition coefficient (Wildman–Crippen LogP) is 4.31. The molecule has 140 valence electrons. The highest BCUT2D eigenvalue weighted by molar-refractivity contribution is 5.98. The van der Waals surface area contributed by atoms with Crippen molar-refractivity contribution in [3.8, 4) is 5.69 Å². The fourth-order valence-electron chi connectivity index (χ4n) is 3.32. The highest BCUT2D eigenvalue weighted by Crippen LogP contribution is 2.20. The monoisotopic (exact) mass is 370 g/mol. The second kappa shape index (κ2) is 7.27. The van der Waals surface area contributed by atoms with Crippen molar-refractivity contribution in [1.82, 2.24) is 19.7 Å². The minimum atomic E-state index is -0.0409. The van der Waals surface area contributed by atoms with Gasteiger partial charge in [-0.15, -0.1) is 0 Å². The van der Waals surface area contributed by atoms with Crippen LogP contribution >= 0.6 is 0 Å². The predicted molar refractivity (Wildman–Crippen MR) is 111 cm³/mol. The van der Waals surface area contributed by atoms with Gasteiger partial charge in [-0.3, -0.25) is 9.78 Å². The maximum atomic E-state index is 13.0. The lowest BCUT2D eigenvalue weighted by Crippen LogP contribution is -2.27. The SMILES string of the molecule is Cc1ccc2nc(C)c(C(=O)N(C)Cc3cnn(-c4ccccc4)c3)cc2c1. The molecule has 5 heteroatoms. The topological polar surface area (TPSA) is 51.0 Å². The molecule has 4 rings (SSSR count). The molecular formula is C23H22N4O. The Balaban J connectivity index is 1.56. The normalized spacial score (nSPS) is 11.0. The summed E-state index contributed by atoms with van der Waals surface area (Å²) in [5.74, 6) is -0.0409. The number of carbonyl (C=O) groups is 1. The van der Waals surface area contributed by atoms with Gasteiger partial charge in [-0.05, 0) is 44.2 Å². The van der Waals surface area contributed by atoms with Crippen LogP contribution in [-0.2, 0) is 6.54 Å². The summed E-state index contributed by atoms with van der Waals surface area (Å²) in [6.45, 7) is 4.40. The van der Waals surface area contributed by atoms with Gasteiger partial charge in [-0.1, -0.05) is 29.8 Å². The number of hydrogen-bond acceptors (Lipinski definition) is 3. The Kier molecular flexibility index (Phi) is 4.65. The Labute approximate surface area is 164 Å². The molecule has 0 aliphatic carbocycles. The van der Waals surface area contributed by atoms with Crippen LogP contribution in [0, 0.1) is 13.8 Å². The fourth-order valence-corrected chi connectivity index (χ4v) is 3.32. The van der Waals surface area contributed by atoms with Gasteiger partial charge < -0.3 is 4.90 Å². The molecule has 0 aliphatic rings. The number of para-hydroxylation sites is 1. The first-order valence-electron chi connectivity index (χ1n) is 9.24. The summed E-state index contributed by atoms with van der Waals surface area (Å²) in [7, 11) is 1.81. The summed E-state index contributed by atoms with van der Waals surface area (Å²) in [6.07, 6.45) is 3.75. The molecule has 0 radical (unpaired) electrons. The van der Waals surface area contributed by atoms with E-state index in [9.17, 15) is 4.79 Å². The van der Waals surface area contributed by atoms with E-state index in [-0.39, 0.29) is 5.91 Å². The van der Waals surface area contributed by atoms with Crippen molar-refractivity contribution >= 4 is 16.8 Å². The number of benzene rings is 2. The molecule has 0 bridgehead atoms. The standard InChI is InChI=1S/C23H22N4O/c1-16-9-10-22-19(11-16)12-21(17(2)25-22)23(28)26(3)14-18-13-24-27(15-18)20-7-5-4-6-8-20/h4-13,15H,14H2,1-3H3. The molecule has 0 atom stereocenters. The Morgan fingerprint density at radius 2 is 1.86 bits per heavy atom. The van der Waals surface area contributed by atoms with Crippen molar-refractivity contribution in [3.63, 3.8) is 0 Å². The van der Waals surface area contributed by atoms with E-state index in [1.54, 1.807) is 11.1 Å². The highest BCUT2D eigenvalue weighted by atomic mass is 16.2. The number of carbonyl (C=O) groups excluding carboxylic acids is 1. The number of rotatable bonds is 4. The van der Waals surface area contributed by atoms with Crippen LogP contribution in [0.5, 0.6) is 0 Å². The molecule has 2 aromatic heterocycles. The van der Waals surface area contributed by atoms with Crippen molar-refractivity contribution in [2.45, 2.75) is 20.4 Å². The van der Waals surface area contributed by atoms with Crippen LogP contribution in [0.15, 0.2) is 67.0 Å². The second-order valence-electron chi connectivity index (χ2n) is 7.11. The lowest BCUT2D eigenvalue weighted by Gasteiger charge is -2.18. The van der Waals surface area contributed by atoms with E-state index < -0.39 is 0 Å². The number of aryl methyl sites for hydroxylation is 2. The summed E-state index contributed by atoms with van der Waals surface area (Å²) in [6, 6.07) is 17.9. The third-order valence-electron chi connectivity index (χ3n) is 4.81. The van der Waals surface area contributed by atoms with Gasteiger partial charge in [0.1, 0.15) is 0 Å². The van der Waals surface area contributed by atoms with Crippen LogP contribution < -0.4 is 0 Å². The fraction of sp³-hybridized carbons (Fsp3) is 0.174.